The molecule has 1 aliphatic carbocycles. The highest BCUT2D eigenvalue weighted by molar-refractivity contribution is 5.96. The lowest BCUT2D eigenvalue weighted by Crippen LogP contribution is -2.43. The van der Waals surface area contributed by atoms with E-state index in [1.54, 1.807) is 24.3 Å². The van der Waals surface area contributed by atoms with Gasteiger partial charge in [0, 0.05) is 24.2 Å². The lowest BCUT2D eigenvalue weighted by molar-refractivity contribution is -0.114. The van der Waals surface area contributed by atoms with Crippen molar-refractivity contribution < 1.29 is 9.59 Å². The lowest BCUT2D eigenvalue weighted by Gasteiger charge is -2.34. The fourth-order valence-electron chi connectivity index (χ4n) is 2.98. The normalized spacial score (nSPS) is 25.2. The van der Waals surface area contributed by atoms with Gasteiger partial charge in [-0.05, 0) is 36.5 Å². The molecule has 0 unspecified atom stereocenters. The molecule has 0 saturated heterocycles. The van der Waals surface area contributed by atoms with E-state index >= 15 is 0 Å². The van der Waals surface area contributed by atoms with Crippen LogP contribution in [0.2, 0.25) is 0 Å². The number of rotatable bonds is 3. The van der Waals surface area contributed by atoms with E-state index in [-0.39, 0.29) is 17.9 Å². The number of benzene rings is 1. The molecule has 0 radical (unpaired) electrons. The van der Waals surface area contributed by atoms with Crippen molar-refractivity contribution in [1.29, 1.82) is 0 Å². The standard InChI is InChI=1S/C17H24N2O2/c1-11-6-4-9-16(12(11)2)19-17(21)14-7-5-8-15(10-14)18-13(3)20/h5,7-8,10-12,16H,4,6,9H2,1-3H3,(H,18,20)(H,19,21)/t11-,12-,16-/m1/s1. The summed E-state index contributed by atoms with van der Waals surface area (Å²) in [4.78, 5) is 23.5. The number of nitrogens with one attached hydrogen (secondary N) is 2. The molecule has 1 aliphatic rings. The SMILES string of the molecule is CC(=O)Nc1cccc(C(=O)N[C@@H]2CCC[C@@H](C)[C@H]2C)c1. The van der Waals surface area contributed by atoms with Crippen LogP contribution in [-0.2, 0) is 4.79 Å². The summed E-state index contributed by atoms with van der Waals surface area (Å²) in [6.07, 6.45) is 3.45. The number of amides is 2. The van der Waals surface area contributed by atoms with Crippen LogP contribution in [0.3, 0.4) is 0 Å². The van der Waals surface area contributed by atoms with Gasteiger partial charge in [0.2, 0.25) is 5.91 Å². The molecule has 0 bridgehead atoms. The van der Waals surface area contributed by atoms with Crippen LogP contribution in [0, 0.1) is 11.8 Å². The molecule has 4 heteroatoms. The Kier molecular flexibility index (Phi) is 4.99. The van der Waals surface area contributed by atoms with Crippen molar-refractivity contribution in [2.45, 2.75) is 46.1 Å². The molecular weight excluding hydrogens is 264 g/mol. The first-order valence-corrected chi connectivity index (χ1v) is 7.66. The van der Waals surface area contributed by atoms with Gasteiger partial charge >= 0.3 is 0 Å². The molecule has 1 aromatic rings. The van der Waals surface area contributed by atoms with Crippen LogP contribution in [0.5, 0.6) is 0 Å². The quantitative estimate of drug-likeness (QED) is 0.897. The van der Waals surface area contributed by atoms with E-state index in [1.165, 1.54) is 19.8 Å². The van der Waals surface area contributed by atoms with E-state index < -0.39 is 0 Å². The topological polar surface area (TPSA) is 58.2 Å². The Morgan fingerprint density at radius 3 is 2.67 bits per heavy atom. The molecule has 0 heterocycles. The van der Waals surface area contributed by atoms with E-state index in [1.807, 2.05) is 0 Å². The molecule has 4 nitrogen and oxygen atoms in total. The van der Waals surface area contributed by atoms with Crippen molar-refractivity contribution in [2.75, 3.05) is 5.32 Å². The first-order chi connectivity index (χ1) is 9.97. The van der Waals surface area contributed by atoms with Gasteiger partial charge in [-0.25, -0.2) is 0 Å². The zero-order valence-electron chi connectivity index (χ0n) is 13.0. The molecule has 114 valence electrons. The number of carbonyl (C=O) groups is 2. The predicted molar refractivity (Wildman–Crippen MR) is 84.2 cm³/mol. The monoisotopic (exact) mass is 288 g/mol. The molecule has 0 spiro atoms. The highest BCUT2D eigenvalue weighted by atomic mass is 16.2. The van der Waals surface area contributed by atoms with Crippen LogP contribution in [0.25, 0.3) is 0 Å². The minimum Gasteiger partial charge on any atom is -0.349 e. The fourth-order valence-corrected chi connectivity index (χ4v) is 2.98. The second kappa shape index (κ2) is 6.74. The Morgan fingerprint density at radius 2 is 1.95 bits per heavy atom. The van der Waals surface area contributed by atoms with Crippen molar-refractivity contribution in [3.8, 4) is 0 Å². The third-order valence-corrected chi connectivity index (χ3v) is 4.47. The molecular formula is C17H24N2O2. The van der Waals surface area contributed by atoms with Gasteiger partial charge in [0.1, 0.15) is 0 Å². The van der Waals surface area contributed by atoms with Gasteiger partial charge in [-0.3, -0.25) is 9.59 Å². The van der Waals surface area contributed by atoms with Crippen LogP contribution in [-0.4, -0.2) is 17.9 Å². The average Bonchev–Trinajstić information content (AvgIpc) is 2.43. The minimum atomic E-state index is -0.137. The van der Waals surface area contributed by atoms with Crippen molar-refractivity contribution in [2.24, 2.45) is 11.8 Å². The first-order valence-electron chi connectivity index (χ1n) is 7.66. The van der Waals surface area contributed by atoms with E-state index in [0.717, 1.165) is 6.42 Å². The third kappa shape index (κ3) is 4.06. The van der Waals surface area contributed by atoms with E-state index in [2.05, 4.69) is 24.5 Å². The number of anilines is 1. The second-order valence-electron chi connectivity index (χ2n) is 6.11. The van der Waals surface area contributed by atoms with Gasteiger partial charge < -0.3 is 10.6 Å². The molecule has 2 N–H and O–H groups in total. The van der Waals surface area contributed by atoms with E-state index in [4.69, 9.17) is 0 Å². The maximum Gasteiger partial charge on any atom is 0.251 e. The van der Waals surface area contributed by atoms with Crippen molar-refractivity contribution in [3.05, 3.63) is 29.8 Å². The maximum absolute atomic E-state index is 12.4. The van der Waals surface area contributed by atoms with Crippen LogP contribution in [0.4, 0.5) is 5.69 Å². The van der Waals surface area contributed by atoms with Gasteiger partial charge in [0.25, 0.3) is 5.91 Å². The number of carbonyl (C=O) groups excluding carboxylic acids is 2. The molecule has 21 heavy (non-hydrogen) atoms. The number of hydrogen-bond acceptors (Lipinski definition) is 2. The zero-order chi connectivity index (χ0) is 15.4. The Labute approximate surface area is 126 Å². The third-order valence-electron chi connectivity index (χ3n) is 4.47. The predicted octanol–water partition coefficient (Wildman–Crippen LogP) is 3.20. The minimum absolute atomic E-state index is 0.0619. The Morgan fingerprint density at radius 1 is 1.19 bits per heavy atom. The summed E-state index contributed by atoms with van der Waals surface area (Å²) in [7, 11) is 0. The van der Waals surface area contributed by atoms with Gasteiger partial charge in [-0.1, -0.05) is 32.8 Å². The largest absolute Gasteiger partial charge is 0.349 e. The van der Waals surface area contributed by atoms with Crippen LogP contribution in [0.15, 0.2) is 24.3 Å². The summed E-state index contributed by atoms with van der Waals surface area (Å²) in [5.41, 5.74) is 1.24. The summed E-state index contributed by atoms with van der Waals surface area (Å²) in [6.45, 7) is 5.92. The lowest BCUT2D eigenvalue weighted by atomic mass is 9.78. The molecule has 2 rings (SSSR count). The van der Waals surface area contributed by atoms with Gasteiger partial charge in [-0.15, -0.1) is 0 Å². The van der Waals surface area contributed by atoms with Crippen LogP contribution in [0.1, 0.15) is 50.4 Å². The molecule has 0 aliphatic heterocycles. The molecule has 1 saturated carbocycles. The first kappa shape index (κ1) is 15.5. The molecule has 3 atom stereocenters. The fraction of sp³-hybridized carbons (Fsp3) is 0.529. The molecule has 0 aromatic heterocycles. The smallest absolute Gasteiger partial charge is 0.251 e. The van der Waals surface area contributed by atoms with E-state index in [9.17, 15) is 9.59 Å². The summed E-state index contributed by atoms with van der Waals surface area (Å²) in [6, 6.07) is 7.30. The second-order valence-corrected chi connectivity index (χ2v) is 6.11. The van der Waals surface area contributed by atoms with Crippen molar-refractivity contribution >= 4 is 17.5 Å². The van der Waals surface area contributed by atoms with Crippen LogP contribution >= 0.6 is 0 Å². The Hall–Kier alpha value is -1.84. The molecule has 1 fully saturated rings. The molecule has 1 aromatic carbocycles. The van der Waals surface area contributed by atoms with Gasteiger partial charge in [-0.2, -0.15) is 0 Å². The van der Waals surface area contributed by atoms with Crippen LogP contribution < -0.4 is 10.6 Å². The highest BCUT2D eigenvalue weighted by Gasteiger charge is 2.28. The summed E-state index contributed by atoms with van der Waals surface area (Å²) in [5, 5.41) is 5.84. The highest BCUT2D eigenvalue weighted by Crippen LogP contribution is 2.29. The molecule has 2 amide bonds. The maximum atomic E-state index is 12.4. The average molecular weight is 288 g/mol. The zero-order valence-corrected chi connectivity index (χ0v) is 13.0. The summed E-state index contributed by atoms with van der Waals surface area (Å²) >= 11 is 0. The Bertz CT molecular complexity index is 527. The van der Waals surface area contributed by atoms with E-state index in [0.29, 0.717) is 23.1 Å². The summed E-state index contributed by atoms with van der Waals surface area (Å²) < 4.78 is 0. The number of hydrogen-bond donors (Lipinski definition) is 2. The van der Waals surface area contributed by atoms with Crippen molar-refractivity contribution in [1.82, 2.24) is 5.32 Å². The Balaban J connectivity index is 2.04. The van der Waals surface area contributed by atoms with Gasteiger partial charge in [0.05, 0.1) is 0 Å². The van der Waals surface area contributed by atoms with Crippen molar-refractivity contribution in [3.63, 3.8) is 0 Å². The summed E-state index contributed by atoms with van der Waals surface area (Å²) in [5.74, 6) is 0.950. The van der Waals surface area contributed by atoms with Gasteiger partial charge in [0.15, 0.2) is 0 Å².